The van der Waals surface area contributed by atoms with E-state index in [9.17, 15) is 0 Å². The van der Waals surface area contributed by atoms with Crippen LogP contribution in [0.3, 0.4) is 0 Å². The van der Waals surface area contributed by atoms with E-state index in [1.54, 1.807) is 0 Å². The van der Waals surface area contributed by atoms with Crippen molar-refractivity contribution in [1.82, 2.24) is 24.8 Å². The first-order chi connectivity index (χ1) is 11.6. The van der Waals surface area contributed by atoms with Crippen molar-refractivity contribution in [2.75, 3.05) is 19.7 Å². The molecule has 3 heterocycles. The summed E-state index contributed by atoms with van der Waals surface area (Å²) in [6.07, 6.45) is 2.51. The Bertz CT molecular complexity index is 706. The highest BCUT2D eigenvalue weighted by Gasteiger charge is 2.32. The molecule has 0 bridgehead atoms. The van der Waals surface area contributed by atoms with Crippen LogP contribution in [0.1, 0.15) is 54.8 Å². The van der Waals surface area contributed by atoms with E-state index < -0.39 is 0 Å². The van der Waals surface area contributed by atoms with E-state index >= 15 is 0 Å². The van der Waals surface area contributed by atoms with Crippen LogP contribution in [0.15, 0.2) is 10.6 Å². The molecule has 2 aromatic rings. The Kier molecular flexibility index (Phi) is 4.14. The standard InChI is InChI=1S/C17H25N5O2/c1-11-8-12(2)22(19-11)10-15-9-21(6-7-23-15)13(3)17-18-16(20-24-17)14-4-5-14/h8,13-15H,4-7,9-10H2,1-3H3. The summed E-state index contributed by atoms with van der Waals surface area (Å²) >= 11 is 0. The molecule has 2 fully saturated rings. The molecule has 2 atom stereocenters. The maximum atomic E-state index is 5.95. The van der Waals surface area contributed by atoms with Crippen molar-refractivity contribution in [3.63, 3.8) is 0 Å². The van der Waals surface area contributed by atoms with Crippen molar-refractivity contribution in [2.24, 2.45) is 0 Å². The number of morpholine rings is 1. The first-order valence-corrected chi connectivity index (χ1v) is 8.80. The van der Waals surface area contributed by atoms with Gasteiger partial charge in [0.05, 0.1) is 31.0 Å². The smallest absolute Gasteiger partial charge is 0.243 e. The highest BCUT2D eigenvalue weighted by atomic mass is 16.5. The molecule has 2 aliphatic rings. The minimum Gasteiger partial charge on any atom is -0.374 e. The van der Waals surface area contributed by atoms with Crippen molar-refractivity contribution in [1.29, 1.82) is 0 Å². The van der Waals surface area contributed by atoms with Crippen LogP contribution >= 0.6 is 0 Å². The van der Waals surface area contributed by atoms with Crippen molar-refractivity contribution >= 4 is 0 Å². The molecule has 0 radical (unpaired) electrons. The average Bonchev–Trinajstić information content (AvgIpc) is 3.22. The van der Waals surface area contributed by atoms with Crippen LogP contribution in [-0.4, -0.2) is 50.6 Å². The van der Waals surface area contributed by atoms with Crippen LogP contribution in [0.4, 0.5) is 0 Å². The van der Waals surface area contributed by atoms with Gasteiger partial charge >= 0.3 is 0 Å². The molecule has 0 spiro atoms. The van der Waals surface area contributed by atoms with Gasteiger partial charge in [0.15, 0.2) is 5.82 Å². The topological polar surface area (TPSA) is 69.2 Å². The fourth-order valence-electron chi connectivity index (χ4n) is 3.34. The van der Waals surface area contributed by atoms with Gasteiger partial charge in [-0.15, -0.1) is 0 Å². The van der Waals surface area contributed by atoms with Gasteiger partial charge in [0, 0.05) is 24.7 Å². The van der Waals surface area contributed by atoms with Crippen molar-refractivity contribution in [3.05, 3.63) is 29.2 Å². The largest absolute Gasteiger partial charge is 0.374 e. The first-order valence-electron chi connectivity index (χ1n) is 8.80. The van der Waals surface area contributed by atoms with E-state index in [1.807, 2.05) is 11.6 Å². The zero-order chi connectivity index (χ0) is 16.7. The number of nitrogens with zero attached hydrogens (tertiary/aromatic N) is 5. The quantitative estimate of drug-likeness (QED) is 0.837. The minimum absolute atomic E-state index is 0.122. The molecule has 24 heavy (non-hydrogen) atoms. The highest BCUT2D eigenvalue weighted by molar-refractivity contribution is 5.07. The van der Waals surface area contributed by atoms with Gasteiger partial charge in [0.1, 0.15) is 0 Å². The predicted molar refractivity (Wildman–Crippen MR) is 87.7 cm³/mol. The molecule has 2 aromatic heterocycles. The lowest BCUT2D eigenvalue weighted by atomic mass is 10.2. The van der Waals surface area contributed by atoms with E-state index in [1.165, 1.54) is 18.5 Å². The molecule has 1 saturated heterocycles. The summed E-state index contributed by atoms with van der Waals surface area (Å²) in [4.78, 5) is 6.96. The third-order valence-corrected chi connectivity index (χ3v) is 4.96. The van der Waals surface area contributed by atoms with Gasteiger partial charge in [0.25, 0.3) is 0 Å². The molecular weight excluding hydrogens is 306 g/mol. The van der Waals surface area contributed by atoms with Gasteiger partial charge in [-0.05, 0) is 39.7 Å². The van der Waals surface area contributed by atoms with Gasteiger partial charge in [-0.3, -0.25) is 9.58 Å². The Hall–Kier alpha value is -1.73. The summed E-state index contributed by atoms with van der Waals surface area (Å²) in [7, 11) is 0. The number of hydrogen-bond donors (Lipinski definition) is 0. The lowest BCUT2D eigenvalue weighted by molar-refractivity contribution is -0.0534. The first kappa shape index (κ1) is 15.8. The molecule has 7 nitrogen and oxygen atoms in total. The Balaban J connectivity index is 1.40. The van der Waals surface area contributed by atoms with Gasteiger partial charge in [-0.2, -0.15) is 10.1 Å². The summed E-state index contributed by atoms with van der Waals surface area (Å²) in [6, 6.07) is 2.22. The van der Waals surface area contributed by atoms with Crippen LogP contribution in [0.25, 0.3) is 0 Å². The Morgan fingerprint density at radius 2 is 2.17 bits per heavy atom. The SMILES string of the molecule is Cc1cc(C)n(CC2CN(C(C)c3nc(C4CC4)no3)CCO2)n1. The second-order valence-corrected chi connectivity index (χ2v) is 7.04. The second-order valence-electron chi connectivity index (χ2n) is 7.04. The summed E-state index contributed by atoms with van der Waals surface area (Å²) < 4.78 is 13.5. The normalized spacial score (nSPS) is 23.5. The summed E-state index contributed by atoms with van der Waals surface area (Å²) in [6.45, 7) is 9.47. The maximum absolute atomic E-state index is 5.95. The van der Waals surface area contributed by atoms with E-state index in [0.29, 0.717) is 5.92 Å². The van der Waals surface area contributed by atoms with Crippen molar-refractivity contribution in [3.8, 4) is 0 Å². The monoisotopic (exact) mass is 331 g/mol. The molecule has 2 unspecified atom stereocenters. The van der Waals surface area contributed by atoms with Crippen LogP contribution in [0.2, 0.25) is 0 Å². The zero-order valence-corrected chi connectivity index (χ0v) is 14.6. The van der Waals surface area contributed by atoms with Crippen molar-refractivity contribution < 1.29 is 9.26 Å². The van der Waals surface area contributed by atoms with Gasteiger partial charge < -0.3 is 9.26 Å². The Morgan fingerprint density at radius 1 is 1.33 bits per heavy atom. The van der Waals surface area contributed by atoms with Gasteiger partial charge in [-0.1, -0.05) is 5.16 Å². The van der Waals surface area contributed by atoms with Crippen LogP contribution in [0.5, 0.6) is 0 Å². The van der Waals surface area contributed by atoms with Crippen LogP contribution in [0, 0.1) is 13.8 Å². The third kappa shape index (κ3) is 3.23. The number of aryl methyl sites for hydroxylation is 2. The number of ether oxygens (including phenoxy) is 1. The zero-order valence-electron chi connectivity index (χ0n) is 14.6. The average molecular weight is 331 g/mol. The maximum Gasteiger partial charge on any atom is 0.243 e. The van der Waals surface area contributed by atoms with Crippen molar-refractivity contribution in [2.45, 2.75) is 58.2 Å². The second kappa shape index (κ2) is 6.29. The van der Waals surface area contributed by atoms with Gasteiger partial charge in [-0.25, -0.2) is 0 Å². The fourth-order valence-corrected chi connectivity index (χ4v) is 3.34. The number of aromatic nitrogens is 4. The van der Waals surface area contributed by atoms with E-state index in [-0.39, 0.29) is 12.1 Å². The third-order valence-electron chi connectivity index (χ3n) is 4.96. The molecule has 0 aromatic carbocycles. The molecule has 130 valence electrons. The lowest BCUT2D eigenvalue weighted by Crippen LogP contribution is -2.45. The molecule has 0 N–H and O–H groups in total. The Labute approximate surface area is 142 Å². The molecule has 1 aliphatic carbocycles. The van der Waals surface area contributed by atoms with Crippen LogP contribution in [-0.2, 0) is 11.3 Å². The van der Waals surface area contributed by atoms with Gasteiger partial charge in [0.2, 0.25) is 5.89 Å². The summed E-state index contributed by atoms with van der Waals surface area (Å²) in [5.74, 6) is 2.13. The molecule has 4 rings (SSSR count). The molecule has 7 heteroatoms. The van der Waals surface area contributed by atoms with Crippen LogP contribution < -0.4 is 0 Å². The predicted octanol–water partition coefficient (Wildman–Crippen LogP) is 2.22. The molecule has 1 aliphatic heterocycles. The van der Waals surface area contributed by atoms with E-state index in [2.05, 4.69) is 40.1 Å². The number of hydrogen-bond acceptors (Lipinski definition) is 6. The minimum atomic E-state index is 0.122. The fraction of sp³-hybridized carbons (Fsp3) is 0.706. The summed E-state index contributed by atoms with van der Waals surface area (Å²) in [5, 5.41) is 8.68. The molecule has 1 saturated carbocycles. The number of rotatable bonds is 5. The molecular formula is C17H25N5O2. The Morgan fingerprint density at radius 3 is 2.88 bits per heavy atom. The lowest BCUT2D eigenvalue weighted by Gasteiger charge is -2.35. The summed E-state index contributed by atoms with van der Waals surface area (Å²) in [5.41, 5.74) is 2.22. The van der Waals surface area contributed by atoms with E-state index in [0.717, 1.165) is 43.7 Å². The van der Waals surface area contributed by atoms with E-state index in [4.69, 9.17) is 9.26 Å². The molecule has 0 amide bonds. The highest BCUT2D eigenvalue weighted by Crippen LogP contribution is 2.38.